The van der Waals surface area contributed by atoms with Crippen LogP contribution in [-0.2, 0) is 0 Å². The number of methoxy groups -OCH3 is 3. The van der Waals surface area contributed by atoms with Crippen LogP contribution in [0.15, 0.2) is 12.1 Å². The highest BCUT2D eigenvalue weighted by Gasteiger charge is 2.23. The maximum atomic E-state index is 6.37. The van der Waals surface area contributed by atoms with Gasteiger partial charge < -0.3 is 19.9 Å². The highest BCUT2D eigenvalue weighted by molar-refractivity contribution is 5.52. The summed E-state index contributed by atoms with van der Waals surface area (Å²) in [6.07, 6.45) is 2.18. The molecule has 1 rings (SSSR count). The molecule has 0 amide bonds. The molecule has 4 heteroatoms. The third kappa shape index (κ3) is 3.53. The Morgan fingerprint density at radius 1 is 1.05 bits per heavy atom. The van der Waals surface area contributed by atoms with Crippen LogP contribution in [0.1, 0.15) is 38.3 Å². The molecule has 0 heterocycles. The molecule has 108 valence electrons. The predicted molar refractivity (Wildman–Crippen MR) is 77.1 cm³/mol. The second-order valence-corrected chi connectivity index (χ2v) is 4.74. The van der Waals surface area contributed by atoms with Crippen molar-refractivity contribution in [1.29, 1.82) is 0 Å². The molecule has 0 fully saturated rings. The molecule has 0 spiro atoms. The summed E-state index contributed by atoms with van der Waals surface area (Å²) in [6.45, 7) is 4.31. The van der Waals surface area contributed by atoms with E-state index < -0.39 is 0 Å². The zero-order chi connectivity index (χ0) is 14.4. The van der Waals surface area contributed by atoms with Crippen molar-refractivity contribution in [2.45, 2.75) is 32.7 Å². The van der Waals surface area contributed by atoms with Crippen molar-refractivity contribution in [2.75, 3.05) is 21.3 Å². The lowest BCUT2D eigenvalue weighted by Gasteiger charge is -2.24. The first-order chi connectivity index (χ1) is 9.08. The van der Waals surface area contributed by atoms with Crippen LogP contribution in [0.4, 0.5) is 0 Å². The first-order valence-electron chi connectivity index (χ1n) is 6.64. The summed E-state index contributed by atoms with van der Waals surface area (Å²) in [5.74, 6) is 2.49. The number of nitrogens with two attached hydrogens (primary N) is 1. The molecular weight excluding hydrogens is 242 g/mol. The number of hydrogen-bond acceptors (Lipinski definition) is 4. The van der Waals surface area contributed by atoms with Gasteiger partial charge in [-0.3, -0.25) is 0 Å². The van der Waals surface area contributed by atoms with Gasteiger partial charge in [0.05, 0.1) is 26.9 Å². The summed E-state index contributed by atoms with van der Waals surface area (Å²) in [5, 5.41) is 0. The summed E-state index contributed by atoms with van der Waals surface area (Å²) in [5.41, 5.74) is 7.28. The molecule has 0 saturated carbocycles. The summed E-state index contributed by atoms with van der Waals surface area (Å²) in [6, 6.07) is 3.57. The van der Waals surface area contributed by atoms with Crippen molar-refractivity contribution >= 4 is 0 Å². The van der Waals surface area contributed by atoms with Crippen LogP contribution in [0.3, 0.4) is 0 Å². The molecule has 0 aliphatic rings. The molecule has 0 aromatic heterocycles. The minimum atomic E-state index is -0.115. The smallest absolute Gasteiger partial charge is 0.131 e. The SMILES string of the molecule is CCCC(C)C(N)c1c(OC)cc(OC)cc1OC. The lowest BCUT2D eigenvalue weighted by Crippen LogP contribution is -2.20. The average Bonchev–Trinajstić information content (AvgIpc) is 2.44. The van der Waals surface area contributed by atoms with Gasteiger partial charge in [-0.25, -0.2) is 0 Å². The summed E-state index contributed by atoms with van der Waals surface area (Å²) >= 11 is 0. The Balaban J connectivity index is 3.23. The number of rotatable bonds is 7. The van der Waals surface area contributed by atoms with Gasteiger partial charge in [-0.05, 0) is 12.3 Å². The lowest BCUT2D eigenvalue weighted by molar-refractivity contribution is 0.346. The largest absolute Gasteiger partial charge is 0.496 e. The maximum absolute atomic E-state index is 6.37. The van der Waals surface area contributed by atoms with E-state index in [0.717, 1.165) is 18.4 Å². The zero-order valence-electron chi connectivity index (χ0n) is 12.5. The molecule has 0 aliphatic carbocycles. The molecule has 2 atom stereocenters. The van der Waals surface area contributed by atoms with Crippen LogP contribution >= 0.6 is 0 Å². The third-order valence-corrected chi connectivity index (χ3v) is 3.44. The van der Waals surface area contributed by atoms with Crippen molar-refractivity contribution in [3.05, 3.63) is 17.7 Å². The maximum Gasteiger partial charge on any atom is 0.131 e. The number of hydrogen-bond donors (Lipinski definition) is 1. The minimum Gasteiger partial charge on any atom is -0.496 e. The van der Waals surface area contributed by atoms with Gasteiger partial charge in [0.1, 0.15) is 17.2 Å². The van der Waals surface area contributed by atoms with E-state index in [1.54, 1.807) is 21.3 Å². The Morgan fingerprint density at radius 3 is 1.95 bits per heavy atom. The van der Waals surface area contributed by atoms with Crippen LogP contribution in [0.5, 0.6) is 17.2 Å². The van der Waals surface area contributed by atoms with Crippen molar-refractivity contribution in [2.24, 2.45) is 11.7 Å². The van der Waals surface area contributed by atoms with Crippen LogP contribution in [0, 0.1) is 5.92 Å². The van der Waals surface area contributed by atoms with E-state index in [4.69, 9.17) is 19.9 Å². The first kappa shape index (κ1) is 15.6. The minimum absolute atomic E-state index is 0.115. The molecule has 2 unspecified atom stereocenters. The van der Waals surface area contributed by atoms with E-state index in [1.807, 2.05) is 12.1 Å². The molecule has 0 saturated heterocycles. The van der Waals surface area contributed by atoms with Crippen LogP contribution in [0.25, 0.3) is 0 Å². The van der Waals surface area contributed by atoms with Crippen LogP contribution < -0.4 is 19.9 Å². The molecule has 19 heavy (non-hydrogen) atoms. The Bertz CT molecular complexity index is 381. The third-order valence-electron chi connectivity index (χ3n) is 3.44. The highest BCUT2D eigenvalue weighted by Crippen LogP contribution is 2.40. The van der Waals surface area contributed by atoms with E-state index in [0.29, 0.717) is 23.2 Å². The van der Waals surface area contributed by atoms with Crippen molar-refractivity contribution in [3.8, 4) is 17.2 Å². The van der Waals surface area contributed by atoms with Gasteiger partial charge in [-0.2, -0.15) is 0 Å². The quantitative estimate of drug-likeness (QED) is 0.824. The number of benzene rings is 1. The molecule has 1 aromatic carbocycles. The Morgan fingerprint density at radius 2 is 1.58 bits per heavy atom. The van der Waals surface area contributed by atoms with Gasteiger partial charge in [0.15, 0.2) is 0 Å². The van der Waals surface area contributed by atoms with Crippen LogP contribution in [0.2, 0.25) is 0 Å². The van der Waals surface area contributed by atoms with Crippen molar-refractivity contribution < 1.29 is 14.2 Å². The van der Waals surface area contributed by atoms with Crippen molar-refractivity contribution in [3.63, 3.8) is 0 Å². The van der Waals surface area contributed by atoms with Gasteiger partial charge in [0.2, 0.25) is 0 Å². The second kappa shape index (κ2) is 7.24. The Kier molecular flexibility index (Phi) is 5.96. The first-order valence-corrected chi connectivity index (χ1v) is 6.64. The van der Waals surface area contributed by atoms with Gasteiger partial charge >= 0.3 is 0 Å². The van der Waals surface area contributed by atoms with Crippen LogP contribution in [-0.4, -0.2) is 21.3 Å². The molecule has 2 N–H and O–H groups in total. The molecule has 0 radical (unpaired) electrons. The fourth-order valence-electron chi connectivity index (χ4n) is 2.28. The zero-order valence-corrected chi connectivity index (χ0v) is 12.5. The predicted octanol–water partition coefficient (Wildman–Crippen LogP) is 3.15. The fourth-order valence-corrected chi connectivity index (χ4v) is 2.28. The monoisotopic (exact) mass is 267 g/mol. The second-order valence-electron chi connectivity index (χ2n) is 4.74. The molecular formula is C15H25NO3. The number of ether oxygens (including phenoxy) is 3. The topological polar surface area (TPSA) is 53.7 Å². The Hall–Kier alpha value is -1.42. The van der Waals surface area contributed by atoms with Gasteiger partial charge in [-0.1, -0.05) is 20.3 Å². The summed E-state index contributed by atoms with van der Waals surface area (Å²) < 4.78 is 16.1. The standard InChI is InChI=1S/C15H25NO3/c1-6-7-10(2)15(16)14-12(18-4)8-11(17-3)9-13(14)19-5/h8-10,15H,6-7,16H2,1-5H3. The molecule has 0 bridgehead atoms. The van der Waals surface area contributed by atoms with E-state index >= 15 is 0 Å². The van der Waals surface area contributed by atoms with Gasteiger partial charge in [0.25, 0.3) is 0 Å². The lowest BCUT2D eigenvalue weighted by atomic mass is 9.90. The van der Waals surface area contributed by atoms with E-state index in [2.05, 4.69) is 13.8 Å². The van der Waals surface area contributed by atoms with Crippen molar-refractivity contribution in [1.82, 2.24) is 0 Å². The molecule has 0 aliphatic heterocycles. The highest BCUT2D eigenvalue weighted by atomic mass is 16.5. The normalized spacial score (nSPS) is 13.8. The average molecular weight is 267 g/mol. The Labute approximate surface area is 115 Å². The van der Waals surface area contributed by atoms with Gasteiger partial charge in [0, 0.05) is 18.2 Å². The fraction of sp³-hybridized carbons (Fsp3) is 0.600. The van der Waals surface area contributed by atoms with E-state index in [9.17, 15) is 0 Å². The molecule has 4 nitrogen and oxygen atoms in total. The summed E-state index contributed by atoms with van der Waals surface area (Å²) in [4.78, 5) is 0. The summed E-state index contributed by atoms with van der Waals surface area (Å²) in [7, 11) is 4.89. The molecule has 1 aromatic rings. The van der Waals surface area contributed by atoms with E-state index in [-0.39, 0.29) is 6.04 Å². The van der Waals surface area contributed by atoms with Gasteiger partial charge in [-0.15, -0.1) is 0 Å². The van der Waals surface area contributed by atoms with E-state index in [1.165, 1.54) is 0 Å².